The molecule has 0 saturated carbocycles. The van der Waals surface area contributed by atoms with E-state index in [4.69, 9.17) is 9.47 Å². The Balaban J connectivity index is 1.83. The third kappa shape index (κ3) is 2.49. The molecule has 4 heteroatoms. The summed E-state index contributed by atoms with van der Waals surface area (Å²) in [5, 5.41) is 3.34. The maximum Gasteiger partial charge on any atom is 0.334 e. The maximum atomic E-state index is 11.3. The normalized spacial score (nSPS) is 32.9. The molecule has 0 aromatic rings. The van der Waals surface area contributed by atoms with Crippen LogP contribution in [0.5, 0.6) is 0 Å². The van der Waals surface area contributed by atoms with Crippen LogP contribution in [0.15, 0.2) is 0 Å². The molecule has 86 valence electrons. The summed E-state index contributed by atoms with van der Waals surface area (Å²) in [7, 11) is 1.42. The summed E-state index contributed by atoms with van der Waals surface area (Å²) in [5.41, 5.74) is 0. The van der Waals surface area contributed by atoms with Crippen molar-refractivity contribution < 1.29 is 14.3 Å². The van der Waals surface area contributed by atoms with Crippen molar-refractivity contribution in [1.82, 2.24) is 5.32 Å². The SMILES string of the molecule is COC(=O)[C@H]1CC[C@@H](C2CCNCC2)O1. The Morgan fingerprint density at radius 2 is 2.00 bits per heavy atom. The number of nitrogens with one attached hydrogen (secondary N) is 1. The predicted octanol–water partition coefficient (Wildman–Crippen LogP) is 0.707. The van der Waals surface area contributed by atoms with Crippen molar-refractivity contribution in [2.45, 2.75) is 37.9 Å². The molecular weight excluding hydrogens is 194 g/mol. The number of methoxy groups -OCH3 is 1. The monoisotopic (exact) mass is 213 g/mol. The first-order valence-electron chi connectivity index (χ1n) is 5.75. The highest BCUT2D eigenvalue weighted by Gasteiger charge is 2.35. The van der Waals surface area contributed by atoms with E-state index in [1.807, 2.05) is 0 Å². The minimum absolute atomic E-state index is 0.216. The predicted molar refractivity (Wildman–Crippen MR) is 55.5 cm³/mol. The third-order valence-electron chi connectivity index (χ3n) is 3.43. The van der Waals surface area contributed by atoms with Crippen LogP contribution >= 0.6 is 0 Å². The van der Waals surface area contributed by atoms with Gasteiger partial charge < -0.3 is 14.8 Å². The van der Waals surface area contributed by atoms with Gasteiger partial charge in [-0.25, -0.2) is 4.79 Å². The molecule has 2 fully saturated rings. The molecule has 2 saturated heterocycles. The zero-order valence-corrected chi connectivity index (χ0v) is 9.20. The lowest BCUT2D eigenvalue weighted by atomic mass is 9.91. The number of piperidine rings is 1. The molecule has 15 heavy (non-hydrogen) atoms. The van der Waals surface area contributed by atoms with E-state index in [0.29, 0.717) is 5.92 Å². The van der Waals surface area contributed by atoms with Crippen LogP contribution in [0.4, 0.5) is 0 Å². The first-order chi connectivity index (χ1) is 7.31. The van der Waals surface area contributed by atoms with Crippen molar-refractivity contribution in [1.29, 1.82) is 0 Å². The summed E-state index contributed by atoms with van der Waals surface area (Å²) in [5.74, 6) is 0.410. The van der Waals surface area contributed by atoms with Gasteiger partial charge in [0.1, 0.15) is 0 Å². The quantitative estimate of drug-likeness (QED) is 0.686. The number of hydrogen-bond donors (Lipinski definition) is 1. The molecule has 0 spiro atoms. The van der Waals surface area contributed by atoms with Crippen LogP contribution in [0.1, 0.15) is 25.7 Å². The van der Waals surface area contributed by atoms with E-state index in [1.54, 1.807) is 0 Å². The summed E-state index contributed by atoms with van der Waals surface area (Å²) in [6.07, 6.45) is 4.12. The maximum absolute atomic E-state index is 11.3. The molecular formula is C11H19NO3. The van der Waals surface area contributed by atoms with E-state index >= 15 is 0 Å². The molecule has 2 atom stereocenters. The molecule has 0 aliphatic carbocycles. The number of carbonyl (C=O) groups excluding carboxylic acids is 1. The smallest absolute Gasteiger partial charge is 0.334 e. The molecule has 2 aliphatic rings. The number of esters is 1. The van der Waals surface area contributed by atoms with Gasteiger partial charge in [0, 0.05) is 0 Å². The zero-order chi connectivity index (χ0) is 10.7. The van der Waals surface area contributed by atoms with Crippen LogP contribution in [0.2, 0.25) is 0 Å². The van der Waals surface area contributed by atoms with Gasteiger partial charge in [-0.2, -0.15) is 0 Å². The number of carbonyl (C=O) groups is 1. The van der Waals surface area contributed by atoms with Gasteiger partial charge in [0.25, 0.3) is 0 Å². The lowest BCUT2D eigenvalue weighted by Gasteiger charge is -2.27. The van der Waals surface area contributed by atoms with Crippen LogP contribution in [0.25, 0.3) is 0 Å². The molecule has 2 heterocycles. The second kappa shape index (κ2) is 4.94. The Morgan fingerprint density at radius 3 is 2.67 bits per heavy atom. The fraction of sp³-hybridized carbons (Fsp3) is 0.909. The largest absolute Gasteiger partial charge is 0.467 e. The Kier molecular flexibility index (Phi) is 3.59. The molecule has 0 unspecified atom stereocenters. The van der Waals surface area contributed by atoms with Gasteiger partial charge in [-0.15, -0.1) is 0 Å². The summed E-state index contributed by atoms with van der Waals surface area (Å²) in [6.45, 7) is 2.15. The molecule has 0 amide bonds. The van der Waals surface area contributed by atoms with E-state index in [9.17, 15) is 4.79 Å². The Hall–Kier alpha value is -0.610. The molecule has 2 aliphatic heterocycles. The van der Waals surface area contributed by atoms with Gasteiger partial charge in [0.15, 0.2) is 6.10 Å². The van der Waals surface area contributed by atoms with Gasteiger partial charge in [-0.1, -0.05) is 0 Å². The summed E-state index contributed by atoms with van der Waals surface area (Å²) in [6, 6.07) is 0. The Bertz CT molecular complexity index is 226. The summed E-state index contributed by atoms with van der Waals surface area (Å²) in [4.78, 5) is 11.3. The van der Waals surface area contributed by atoms with Crippen molar-refractivity contribution in [2.75, 3.05) is 20.2 Å². The van der Waals surface area contributed by atoms with Crippen LogP contribution in [0, 0.1) is 5.92 Å². The van der Waals surface area contributed by atoms with E-state index in [-0.39, 0.29) is 18.2 Å². The van der Waals surface area contributed by atoms with Gasteiger partial charge in [0.2, 0.25) is 0 Å². The second-order valence-electron chi connectivity index (χ2n) is 4.35. The van der Waals surface area contributed by atoms with Crippen molar-refractivity contribution >= 4 is 5.97 Å². The third-order valence-corrected chi connectivity index (χ3v) is 3.43. The van der Waals surface area contributed by atoms with Gasteiger partial charge in [0.05, 0.1) is 13.2 Å². The zero-order valence-electron chi connectivity index (χ0n) is 9.20. The van der Waals surface area contributed by atoms with E-state index in [1.165, 1.54) is 20.0 Å². The van der Waals surface area contributed by atoms with Crippen LogP contribution in [-0.4, -0.2) is 38.4 Å². The lowest BCUT2D eigenvalue weighted by molar-refractivity contribution is -0.154. The van der Waals surface area contributed by atoms with Crippen LogP contribution in [-0.2, 0) is 14.3 Å². The highest BCUT2D eigenvalue weighted by Crippen LogP contribution is 2.30. The van der Waals surface area contributed by atoms with Crippen molar-refractivity contribution in [3.8, 4) is 0 Å². The van der Waals surface area contributed by atoms with E-state index in [0.717, 1.165) is 25.9 Å². The van der Waals surface area contributed by atoms with Crippen LogP contribution in [0.3, 0.4) is 0 Å². The minimum Gasteiger partial charge on any atom is -0.467 e. The van der Waals surface area contributed by atoms with Crippen LogP contribution < -0.4 is 5.32 Å². The molecule has 0 aromatic carbocycles. The molecule has 0 aromatic heterocycles. The fourth-order valence-electron chi connectivity index (χ4n) is 2.53. The fourth-order valence-corrected chi connectivity index (χ4v) is 2.53. The topological polar surface area (TPSA) is 47.6 Å². The van der Waals surface area contributed by atoms with E-state index < -0.39 is 0 Å². The van der Waals surface area contributed by atoms with E-state index in [2.05, 4.69) is 5.32 Å². The molecule has 0 radical (unpaired) electrons. The molecule has 1 N–H and O–H groups in total. The average molecular weight is 213 g/mol. The first-order valence-corrected chi connectivity index (χ1v) is 5.75. The Morgan fingerprint density at radius 1 is 1.27 bits per heavy atom. The lowest BCUT2D eigenvalue weighted by Crippen LogP contribution is -2.34. The van der Waals surface area contributed by atoms with Crippen molar-refractivity contribution in [2.24, 2.45) is 5.92 Å². The number of ether oxygens (including phenoxy) is 2. The van der Waals surface area contributed by atoms with Gasteiger partial charge >= 0.3 is 5.97 Å². The highest BCUT2D eigenvalue weighted by atomic mass is 16.6. The molecule has 0 bridgehead atoms. The summed E-state index contributed by atoms with van der Waals surface area (Å²) < 4.78 is 10.4. The van der Waals surface area contributed by atoms with Crippen molar-refractivity contribution in [3.05, 3.63) is 0 Å². The Labute approximate surface area is 90.3 Å². The second-order valence-corrected chi connectivity index (χ2v) is 4.35. The van der Waals surface area contributed by atoms with Crippen molar-refractivity contribution in [3.63, 3.8) is 0 Å². The molecule has 4 nitrogen and oxygen atoms in total. The van der Waals surface area contributed by atoms with Gasteiger partial charge in [-0.05, 0) is 44.7 Å². The average Bonchev–Trinajstić information content (AvgIpc) is 2.78. The molecule has 2 rings (SSSR count). The standard InChI is InChI=1S/C11H19NO3/c1-14-11(13)10-3-2-9(15-10)8-4-6-12-7-5-8/h8-10,12H,2-7H2,1H3/t9-,10+/m0/s1. The first kappa shape index (κ1) is 10.9. The highest BCUT2D eigenvalue weighted by molar-refractivity contribution is 5.74. The minimum atomic E-state index is -0.310. The number of hydrogen-bond acceptors (Lipinski definition) is 4. The number of rotatable bonds is 2. The summed E-state index contributed by atoms with van der Waals surface area (Å²) >= 11 is 0. The van der Waals surface area contributed by atoms with Gasteiger partial charge in [-0.3, -0.25) is 0 Å².